The first-order valence-electron chi connectivity index (χ1n) is 8.13. The van der Waals surface area contributed by atoms with Gasteiger partial charge in [-0.2, -0.15) is 4.98 Å². The van der Waals surface area contributed by atoms with Gasteiger partial charge in [-0.15, -0.1) is 11.3 Å². The standard InChI is InChI=1S/C17H18N4O4S2/c1-12-20-16(25-21-12)8-9-18-17(22)13-4-6-15(7-5-13)27(23,24)19-11-14-3-2-10-26-14/h2-7,10,19H,8-9,11H2,1H3,(H,18,22). The van der Waals surface area contributed by atoms with E-state index in [1.165, 1.54) is 35.6 Å². The molecule has 0 aliphatic heterocycles. The summed E-state index contributed by atoms with van der Waals surface area (Å²) in [5.41, 5.74) is 0.369. The molecular formula is C17H18N4O4S2. The Morgan fingerprint density at radius 1 is 1.22 bits per heavy atom. The molecule has 27 heavy (non-hydrogen) atoms. The number of carbonyl (C=O) groups excluding carboxylic acids is 1. The molecular weight excluding hydrogens is 388 g/mol. The van der Waals surface area contributed by atoms with Crippen LogP contribution in [0.2, 0.25) is 0 Å². The Kier molecular flexibility index (Phi) is 5.99. The van der Waals surface area contributed by atoms with Crippen molar-refractivity contribution in [1.82, 2.24) is 20.2 Å². The maximum Gasteiger partial charge on any atom is 0.251 e. The molecule has 0 atom stereocenters. The summed E-state index contributed by atoms with van der Waals surface area (Å²) in [6, 6.07) is 9.50. The molecule has 8 nitrogen and oxygen atoms in total. The SMILES string of the molecule is Cc1noc(CCNC(=O)c2ccc(S(=O)(=O)NCc3cccs3)cc2)n1. The van der Waals surface area contributed by atoms with E-state index in [4.69, 9.17) is 4.52 Å². The first kappa shape index (κ1) is 19.2. The minimum atomic E-state index is -3.63. The van der Waals surface area contributed by atoms with Crippen LogP contribution in [0.25, 0.3) is 0 Å². The molecule has 3 rings (SSSR count). The van der Waals surface area contributed by atoms with Gasteiger partial charge in [0.05, 0.1) is 4.90 Å². The van der Waals surface area contributed by atoms with Gasteiger partial charge in [-0.1, -0.05) is 11.2 Å². The van der Waals surface area contributed by atoms with Crippen molar-refractivity contribution in [3.63, 3.8) is 0 Å². The third kappa shape index (κ3) is 5.22. The zero-order chi connectivity index (χ0) is 19.3. The normalized spacial score (nSPS) is 11.4. The van der Waals surface area contributed by atoms with Gasteiger partial charge in [0.25, 0.3) is 5.91 Å². The number of hydrogen-bond acceptors (Lipinski definition) is 7. The van der Waals surface area contributed by atoms with Crippen molar-refractivity contribution < 1.29 is 17.7 Å². The average Bonchev–Trinajstić information content (AvgIpc) is 3.32. The number of benzene rings is 1. The van der Waals surface area contributed by atoms with Crippen LogP contribution in [-0.2, 0) is 23.0 Å². The van der Waals surface area contributed by atoms with Crippen molar-refractivity contribution in [1.29, 1.82) is 0 Å². The van der Waals surface area contributed by atoms with E-state index >= 15 is 0 Å². The lowest BCUT2D eigenvalue weighted by molar-refractivity contribution is 0.0953. The minimum absolute atomic E-state index is 0.108. The predicted molar refractivity (Wildman–Crippen MR) is 99.9 cm³/mol. The Morgan fingerprint density at radius 3 is 2.63 bits per heavy atom. The number of nitrogens with one attached hydrogen (secondary N) is 2. The van der Waals surface area contributed by atoms with Crippen molar-refractivity contribution in [2.75, 3.05) is 6.54 Å². The number of aryl methyl sites for hydroxylation is 1. The number of aromatic nitrogens is 2. The van der Waals surface area contributed by atoms with Crippen LogP contribution in [-0.4, -0.2) is 31.0 Å². The second-order valence-electron chi connectivity index (χ2n) is 5.67. The molecule has 0 saturated heterocycles. The van der Waals surface area contributed by atoms with Gasteiger partial charge in [0.2, 0.25) is 15.9 Å². The van der Waals surface area contributed by atoms with Gasteiger partial charge < -0.3 is 9.84 Å². The highest BCUT2D eigenvalue weighted by atomic mass is 32.2. The predicted octanol–water partition coefficient (Wildman–Crippen LogP) is 1.89. The number of rotatable bonds is 8. The van der Waals surface area contributed by atoms with Crippen LogP contribution in [0.3, 0.4) is 0 Å². The summed E-state index contributed by atoms with van der Waals surface area (Å²) < 4.78 is 32.1. The second-order valence-corrected chi connectivity index (χ2v) is 8.47. The van der Waals surface area contributed by atoms with Crippen LogP contribution in [0.5, 0.6) is 0 Å². The first-order chi connectivity index (χ1) is 12.9. The van der Waals surface area contributed by atoms with E-state index in [2.05, 4.69) is 20.2 Å². The molecule has 2 N–H and O–H groups in total. The molecule has 142 valence electrons. The van der Waals surface area contributed by atoms with Crippen LogP contribution < -0.4 is 10.0 Å². The van der Waals surface area contributed by atoms with Gasteiger partial charge >= 0.3 is 0 Å². The molecule has 0 aliphatic rings. The lowest BCUT2D eigenvalue weighted by atomic mass is 10.2. The van der Waals surface area contributed by atoms with Gasteiger partial charge in [0, 0.05) is 30.0 Å². The number of amides is 1. The van der Waals surface area contributed by atoms with E-state index < -0.39 is 10.0 Å². The van der Waals surface area contributed by atoms with Crippen LogP contribution in [0, 0.1) is 6.92 Å². The fraction of sp³-hybridized carbons (Fsp3) is 0.235. The quantitative estimate of drug-likeness (QED) is 0.590. The number of nitrogens with zero attached hydrogens (tertiary/aromatic N) is 2. The molecule has 1 amide bonds. The Balaban J connectivity index is 1.54. The lowest BCUT2D eigenvalue weighted by Crippen LogP contribution is -2.26. The zero-order valence-corrected chi connectivity index (χ0v) is 16.1. The summed E-state index contributed by atoms with van der Waals surface area (Å²) in [6.07, 6.45) is 0.422. The average molecular weight is 406 g/mol. The summed E-state index contributed by atoms with van der Waals surface area (Å²) in [5, 5.41) is 8.29. The highest BCUT2D eigenvalue weighted by molar-refractivity contribution is 7.89. The molecule has 2 aromatic heterocycles. The van der Waals surface area contributed by atoms with Crippen LogP contribution in [0.1, 0.15) is 27.0 Å². The van der Waals surface area contributed by atoms with E-state index in [1.54, 1.807) is 6.92 Å². The first-order valence-corrected chi connectivity index (χ1v) is 10.5. The maximum absolute atomic E-state index is 12.3. The van der Waals surface area contributed by atoms with Crippen LogP contribution in [0.15, 0.2) is 51.2 Å². The fourth-order valence-corrected chi connectivity index (χ4v) is 4.02. The smallest absolute Gasteiger partial charge is 0.251 e. The highest BCUT2D eigenvalue weighted by Crippen LogP contribution is 2.13. The number of sulfonamides is 1. The summed E-state index contributed by atoms with van der Waals surface area (Å²) >= 11 is 1.48. The number of hydrogen-bond donors (Lipinski definition) is 2. The molecule has 10 heteroatoms. The van der Waals surface area contributed by atoms with Crippen molar-refractivity contribution >= 4 is 27.3 Å². The largest absolute Gasteiger partial charge is 0.352 e. The Morgan fingerprint density at radius 2 is 2.00 bits per heavy atom. The van der Waals surface area contributed by atoms with Gasteiger partial charge in [-0.3, -0.25) is 4.79 Å². The molecule has 3 aromatic rings. The van der Waals surface area contributed by atoms with Gasteiger partial charge in [0.1, 0.15) is 0 Å². The van der Waals surface area contributed by atoms with Crippen molar-refractivity contribution in [2.24, 2.45) is 0 Å². The molecule has 0 bridgehead atoms. The van der Waals surface area contributed by atoms with E-state index in [1.807, 2.05) is 17.5 Å². The topological polar surface area (TPSA) is 114 Å². The number of carbonyl (C=O) groups is 1. The van der Waals surface area contributed by atoms with Crippen LogP contribution >= 0.6 is 11.3 Å². The molecule has 0 saturated carbocycles. The van der Waals surface area contributed by atoms with Gasteiger partial charge in [-0.25, -0.2) is 13.1 Å². The second kappa shape index (κ2) is 8.42. The van der Waals surface area contributed by atoms with Crippen molar-refractivity contribution in [3.05, 3.63) is 63.9 Å². The molecule has 1 aromatic carbocycles. The van der Waals surface area contributed by atoms with E-state index in [0.717, 1.165) is 4.88 Å². The zero-order valence-electron chi connectivity index (χ0n) is 14.5. The minimum Gasteiger partial charge on any atom is -0.352 e. The molecule has 2 heterocycles. The van der Waals surface area contributed by atoms with Gasteiger partial charge in [-0.05, 0) is 42.6 Å². The summed E-state index contributed by atoms with van der Waals surface area (Å²) in [7, 11) is -3.63. The van der Waals surface area contributed by atoms with Crippen molar-refractivity contribution in [2.45, 2.75) is 24.8 Å². The Hall–Kier alpha value is -2.56. The molecule has 0 spiro atoms. The Labute approximate surface area is 160 Å². The summed E-state index contributed by atoms with van der Waals surface area (Å²) in [5.74, 6) is 0.689. The highest BCUT2D eigenvalue weighted by Gasteiger charge is 2.15. The van der Waals surface area contributed by atoms with Crippen molar-refractivity contribution in [3.8, 4) is 0 Å². The molecule has 0 aliphatic carbocycles. The third-order valence-corrected chi connectivity index (χ3v) is 5.93. The number of thiophene rings is 1. The fourth-order valence-electron chi connectivity index (χ4n) is 2.27. The molecule has 0 radical (unpaired) electrons. The lowest BCUT2D eigenvalue weighted by Gasteiger charge is -2.07. The summed E-state index contributed by atoms with van der Waals surface area (Å²) in [6.45, 7) is 2.29. The molecule has 0 unspecified atom stereocenters. The maximum atomic E-state index is 12.3. The van der Waals surface area contributed by atoms with Gasteiger partial charge in [0.15, 0.2) is 5.82 Å². The van der Waals surface area contributed by atoms with E-state index in [9.17, 15) is 13.2 Å². The summed E-state index contributed by atoms with van der Waals surface area (Å²) in [4.78, 5) is 17.2. The monoisotopic (exact) mass is 406 g/mol. The molecule has 0 fully saturated rings. The van der Waals surface area contributed by atoms with E-state index in [-0.39, 0.29) is 17.3 Å². The Bertz CT molecular complexity index is 996. The van der Waals surface area contributed by atoms with Crippen LogP contribution in [0.4, 0.5) is 0 Å². The third-order valence-electron chi connectivity index (χ3n) is 3.64. The van der Waals surface area contributed by atoms with E-state index in [0.29, 0.717) is 30.2 Å².